The van der Waals surface area contributed by atoms with Gasteiger partial charge in [-0.15, -0.1) is 0 Å². The molecule has 0 spiro atoms. The first-order valence-corrected chi connectivity index (χ1v) is 8.24. The molecule has 0 bridgehead atoms. The van der Waals surface area contributed by atoms with Crippen LogP contribution in [0.5, 0.6) is 5.75 Å². The minimum Gasteiger partial charge on any atom is -0.496 e. The number of carboxylic acids is 1. The number of benzene rings is 2. The van der Waals surface area contributed by atoms with Crippen molar-refractivity contribution in [2.24, 2.45) is 0 Å². The van der Waals surface area contributed by atoms with Gasteiger partial charge in [-0.25, -0.2) is 0 Å². The summed E-state index contributed by atoms with van der Waals surface area (Å²) in [5, 5.41) is 9.99. The van der Waals surface area contributed by atoms with E-state index in [0.29, 0.717) is 22.4 Å². The number of ether oxygens (including phenoxy) is 1. The van der Waals surface area contributed by atoms with Crippen LogP contribution in [0.2, 0.25) is 0 Å². The van der Waals surface area contributed by atoms with Crippen molar-refractivity contribution < 1.29 is 19.4 Å². The summed E-state index contributed by atoms with van der Waals surface area (Å²) in [5.74, 6) is -1.38. The summed E-state index contributed by atoms with van der Waals surface area (Å²) in [6, 6.07) is 13.5. The highest BCUT2D eigenvalue weighted by Crippen LogP contribution is 2.46. The Labute approximate surface area is 146 Å². The molecule has 1 aliphatic heterocycles. The normalized spacial score (nSPS) is 19.7. The van der Waals surface area contributed by atoms with Crippen LogP contribution in [0.4, 0.5) is 0 Å². The first kappa shape index (κ1) is 17.0. The molecule has 0 aromatic heterocycles. The van der Waals surface area contributed by atoms with Crippen LogP contribution in [0.25, 0.3) is 0 Å². The van der Waals surface area contributed by atoms with Gasteiger partial charge in [-0.2, -0.15) is 0 Å². The molecule has 2 aromatic rings. The van der Waals surface area contributed by atoms with E-state index in [1.54, 1.807) is 42.3 Å². The van der Waals surface area contributed by atoms with Crippen molar-refractivity contribution in [2.45, 2.75) is 31.8 Å². The van der Waals surface area contributed by atoms with Crippen LogP contribution in [0, 0.1) is 0 Å². The van der Waals surface area contributed by atoms with Gasteiger partial charge < -0.3 is 14.7 Å². The Kier molecular flexibility index (Phi) is 4.49. The Morgan fingerprint density at radius 3 is 2.28 bits per heavy atom. The number of carboxylic acid groups (broad SMARTS) is 1. The van der Waals surface area contributed by atoms with Gasteiger partial charge in [-0.1, -0.05) is 36.4 Å². The second-order valence-corrected chi connectivity index (χ2v) is 6.40. The lowest BCUT2D eigenvalue weighted by Gasteiger charge is -2.43. The maximum absolute atomic E-state index is 13.1. The molecule has 2 aromatic carbocycles. The Hall–Kier alpha value is -2.82. The average molecular weight is 339 g/mol. The molecular weight excluding hydrogens is 318 g/mol. The van der Waals surface area contributed by atoms with E-state index < -0.39 is 17.9 Å². The topological polar surface area (TPSA) is 66.8 Å². The molecule has 0 radical (unpaired) electrons. The second-order valence-electron chi connectivity index (χ2n) is 6.40. The van der Waals surface area contributed by atoms with Gasteiger partial charge in [-0.3, -0.25) is 9.59 Å². The third-order valence-electron chi connectivity index (χ3n) is 4.66. The summed E-state index contributed by atoms with van der Waals surface area (Å²) in [6.07, 6.45) is 0. The number of amides is 1. The average Bonchev–Trinajstić information content (AvgIpc) is 2.60. The molecule has 1 heterocycles. The van der Waals surface area contributed by atoms with Crippen molar-refractivity contribution in [3.8, 4) is 5.75 Å². The molecule has 2 atom stereocenters. The number of fused-ring (bicyclic) bond motifs is 1. The first-order valence-electron chi connectivity index (χ1n) is 8.24. The molecule has 130 valence electrons. The van der Waals surface area contributed by atoms with Crippen LogP contribution in [0.3, 0.4) is 0 Å². The van der Waals surface area contributed by atoms with Gasteiger partial charge in [0, 0.05) is 17.2 Å². The molecule has 2 unspecified atom stereocenters. The van der Waals surface area contributed by atoms with Crippen LogP contribution < -0.4 is 4.74 Å². The number of methoxy groups -OCH3 is 1. The molecule has 1 aliphatic rings. The van der Waals surface area contributed by atoms with Crippen LogP contribution in [0.1, 0.15) is 47.3 Å². The third kappa shape index (κ3) is 2.76. The van der Waals surface area contributed by atoms with Gasteiger partial charge in [0.25, 0.3) is 5.91 Å². The van der Waals surface area contributed by atoms with Crippen molar-refractivity contribution >= 4 is 11.9 Å². The van der Waals surface area contributed by atoms with Crippen LogP contribution in [-0.4, -0.2) is 35.0 Å². The van der Waals surface area contributed by atoms with Crippen molar-refractivity contribution in [3.63, 3.8) is 0 Å². The highest BCUT2D eigenvalue weighted by atomic mass is 16.5. The number of nitrogens with zero attached hydrogens (tertiary/aromatic N) is 1. The molecule has 0 aliphatic carbocycles. The van der Waals surface area contributed by atoms with E-state index in [-0.39, 0.29) is 11.9 Å². The fourth-order valence-corrected chi connectivity index (χ4v) is 3.62. The number of carbonyl (C=O) groups is 2. The largest absolute Gasteiger partial charge is 0.496 e. The molecule has 0 saturated carbocycles. The molecule has 0 fully saturated rings. The van der Waals surface area contributed by atoms with E-state index in [4.69, 9.17) is 4.74 Å². The fraction of sp³-hybridized carbons (Fsp3) is 0.300. The van der Waals surface area contributed by atoms with Crippen LogP contribution >= 0.6 is 0 Å². The predicted molar refractivity (Wildman–Crippen MR) is 93.9 cm³/mol. The summed E-state index contributed by atoms with van der Waals surface area (Å²) in [7, 11) is 1.55. The SMILES string of the molecule is COc1ccccc1C1C(C(=O)O)c2ccccc2C(=O)N1C(C)C. The number of aliphatic carboxylic acids is 1. The van der Waals surface area contributed by atoms with E-state index in [1.165, 1.54) is 0 Å². The second kappa shape index (κ2) is 6.59. The Balaban J connectivity index is 2.29. The van der Waals surface area contributed by atoms with E-state index in [9.17, 15) is 14.7 Å². The van der Waals surface area contributed by atoms with Crippen molar-refractivity contribution in [3.05, 3.63) is 65.2 Å². The lowest BCUT2D eigenvalue weighted by atomic mass is 9.79. The lowest BCUT2D eigenvalue weighted by molar-refractivity contribution is -0.140. The number of carbonyl (C=O) groups excluding carboxylic acids is 1. The van der Waals surface area contributed by atoms with Gasteiger partial charge in [-0.05, 0) is 31.5 Å². The number of hydrogen-bond donors (Lipinski definition) is 1. The van der Waals surface area contributed by atoms with Gasteiger partial charge in [0.05, 0.1) is 13.2 Å². The Morgan fingerprint density at radius 2 is 1.68 bits per heavy atom. The summed E-state index contributed by atoms with van der Waals surface area (Å²) in [5.41, 5.74) is 1.71. The summed E-state index contributed by atoms with van der Waals surface area (Å²) >= 11 is 0. The number of rotatable bonds is 4. The highest BCUT2D eigenvalue weighted by Gasteiger charge is 2.46. The first-order chi connectivity index (χ1) is 12.0. The van der Waals surface area contributed by atoms with Crippen molar-refractivity contribution in [1.82, 2.24) is 4.90 Å². The number of para-hydroxylation sites is 1. The van der Waals surface area contributed by atoms with Gasteiger partial charge in [0.15, 0.2) is 0 Å². The Bertz CT molecular complexity index is 815. The summed E-state index contributed by atoms with van der Waals surface area (Å²) < 4.78 is 5.45. The van der Waals surface area contributed by atoms with Crippen LogP contribution in [0.15, 0.2) is 48.5 Å². The summed E-state index contributed by atoms with van der Waals surface area (Å²) in [4.78, 5) is 27.0. The molecule has 1 N–H and O–H groups in total. The van der Waals surface area contributed by atoms with E-state index in [1.807, 2.05) is 32.0 Å². The highest BCUT2D eigenvalue weighted by molar-refractivity contribution is 6.00. The lowest BCUT2D eigenvalue weighted by Crippen LogP contribution is -2.48. The predicted octanol–water partition coefficient (Wildman–Crippen LogP) is 3.47. The summed E-state index contributed by atoms with van der Waals surface area (Å²) in [6.45, 7) is 3.79. The van der Waals surface area contributed by atoms with Gasteiger partial charge >= 0.3 is 5.97 Å². The zero-order valence-corrected chi connectivity index (χ0v) is 14.5. The molecule has 5 nitrogen and oxygen atoms in total. The quantitative estimate of drug-likeness (QED) is 0.926. The molecule has 1 amide bonds. The van der Waals surface area contributed by atoms with E-state index in [0.717, 1.165) is 0 Å². The molecule has 0 saturated heterocycles. The molecule has 3 rings (SSSR count). The number of hydrogen-bond acceptors (Lipinski definition) is 3. The van der Waals surface area contributed by atoms with E-state index >= 15 is 0 Å². The maximum atomic E-state index is 13.1. The third-order valence-corrected chi connectivity index (χ3v) is 4.66. The van der Waals surface area contributed by atoms with Crippen molar-refractivity contribution in [1.29, 1.82) is 0 Å². The maximum Gasteiger partial charge on any atom is 0.313 e. The molecular formula is C20H21NO4. The van der Waals surface area contributed by atoms with Gasteiger partial charge in [0.2, 0.25) is 0 Å². The van der Waals surface area contributed by atoms with E-state index in [2.05, 4.69) is 0 Å². The van der Waals surface area contributed by atoms with Gasteiger partial charge in [0.1, 0.15) is 11.7 Å². The standard InChI is InChI=1S/C20H21NO4/c1-12(2)21-18(15-10-6-7-11-16(15)25-3)17(20(23)24)13-8-4-5-9-14(13)19(21)22/h4-12,17-18H,1-3H3,(H,23,24). The Morgan fingerprint density at radius 1 is 1.08 bits per heavy atom. The fourth-order valence-electron chi connectivity index (χ4n) is 3.62. The smallest absolute Gasteiger partial charge is 0.313 e. The zero-order valence-electron chi connectivity index (χ0n) is 14.5. The minimum absolute atomic E-state index is 0.154. The van der Waals surface area contributed by atoms with Crippen LogP contribution in [-0.2, 0) is 4.79 Å². The molecule has 5 heteroatoms. The molecule has 25 heavy (non-hydrogen) atoms. The minimum atomic E-state index is -0.957. The zero-order chi connectivity index (χ0) is 18.1. The monoisotopic (exact) mass is 339 g/mol. The van der Waals surface area contributed by atoms with Crippen molar-refractivity contribution in [2.75, 3.05) is 7.11 Å².